The molecule has 1 aromatic carbocycles. The molecule has 2 aromatic rings. The number of carbonyl (C=O) groups excluding carboxylic acids is 1. The number of thiazole rings is 1. The summed E-state index contributed by atoms with van der Waals surface area (Å²) in [7, 11) is 0. The molecule has 6 heteroatoms. The summed E-state index contributed by atoms with van der Waals surface area (Å²) >= 11 is 1.42. The highest BCUT2D eigenvalue weighted by molar-refractivity contribution is 7.13. The largest absolute Gasteiger partial charge is 0.391 e. The van der Waals surface area contributed by atoms with Crippen LogP contribution in [0.1, 0.15) is 20.2 Å². The smallest absolute Gasteiger partial charge is 0.263 e. The monoisotopic (exact) mass is 317 g/mol. The van der Waals surface area contributed by atoms with Crippen LogP contribution in [0, 0.1) is 5.92 Å². The zero-order chi connectivity index (χ0) is 15.4. The number of aliphatic hydroxyl groups excluding tert-OH is 1. The van der Waals surface area contributed by atoms with Crippen LogP contribution in [-0.2, 0) is 6.42 Å². The summed E-state index contributed by atoms with van der Waals surface area (Å²) in [5.41, 5.74) is 1.18. The molecule has 2 atom stereocenters. The van der Waals surface area contributed by atoms with Crippen LogP contribution in [0.2, 0.25) is 0 Å². The van der Waals surface area contributed by atoms with Crippen molar-refractivity contribution in [1.82, 2.24) is 15.6 Å². The SMILES string of the molecule is O=C(NCC1CNCC1O)c1cnc(Cc2ccccc2)s1. The molecule has 2 heterocycles. The van der Waals surface area contributed by atoms with Crippen LogP contribution in [0.5, 0.6) is 0 Å². The van der Waals surface area contributed by atoms with E-state index in [0.29, 0.717) is 18.0 Å². The van der Waals surface area contributed by atoms with Gasteiger partial charge in [-0.15, -0.1) is 11.3 Å². The predicted molar refractivity (Wildman–Crippen MR) is 86.1 cm³/mol. The zero-order valence-corrected chi connectivity index (χ0v) is 13.0. The molecule has 1 amide bonds. The molecule has 0 bridgehead atoms. The lowest BCUT2D eigenvalue weighted by molar-refractivity contribution is 0.0931. The minimum Gasteiger partial charge on any atom is -0.391 e. The molecule has 0 saturated carbocycles. The molecule has 1 aromatic heterocycles. The lowest BCUT2D eigenvalue weighted by atomic mass is 10.1. The number of benzene rings is 1. The number of hydrogen-bond acceptors (Lipinski definition) is 5. The third kappa shape index (κ3) is 3.71. The van der Waals surface area contributed by atoms with Crippen molar-refractivity contribution < 1.29 is 9.90 Å². The van der Waals surface area contributed by atoms with Gasteiger partial charge in [0.2, 0.25) is 0 Å². The molecule has 22 heavy (non-hydrogen) atoms. The predicted octanol–water partition coefficient (Wildman–Crippen LogP) is 1.04. The molecule has 3 rings (SSSR count). The number of β-amino-alcohol motifs (C(OH)–C–C–N with tert-alkyl or cyclic N) is 1. The minimum absolute atomic E-state index is 0.0839. The first-order valence-corrected chi connectivity index (χ1v) is 8.19. The first-order valence-electron chi connectivity index (χ1n) is 7.38. The lowest BCUT2D eigenvalue weighted by Crippen LogP contribution is -2.34. The summed E-state index contributed by atoms with van der Waals surface area (Å²) in [5.74, 6) is -0.0310. The molecule has 1 aliphatic heterocycles. The van der Waals surface area contributed by atoms with Crippen molar-refractivity contribution in [2.24, 2.45) is 5.92 Å². The van der Waals surface area contributed by atoms with Gasteiger partial charge in [0, 0.05) is 32.0 Å². The van der Waals surface area contributed by atoms with E-state index in [0.717, 1.165) is 18.0 Å². The van der Waals surface area contributed by atoms with E-state index in [9.17, 15) is 9.90 Å². The Hall–Kier alpha value is -1.76. The van der Waals surface area contributed by atoms with Gasteiger partial charge in [-0.25, -0.2) is 4.98 Å². The van der Waals surface area contributed by atoms with Crippen LogP contribution >= 0.6 is 11.3 Å². The highest BCUT2D eigenvalue weighted by Gasteiger charge is 2.25. The molecule has 1 saturated heterocycles. The molecular weight excluding hydrogens is 298 g/mol. The van der Waals surface area contributed by atoms with E-state index in [2.05, 4.69) is 27.8 Å². The number of nitrogens with zero attached hydrogens (tertiary/aromatic N) is 1. The number of aromatic nitrogens is 1. The van der Waals surface area contributed by atoms with E-state index >= 15 is 0 Å². The van der Waals surface area contributed by atoms with E-state index in [4.69, 9.17) is 0 Å². The lowest BCUT2D eigenvalue weighted by Gasteiger charge is -2.13. The maximum Gasteiger partial charge on any atom is 0.263 e. The molecule has 3 N–H and O–H groups in total. The highest BCUT2D eigenvalue weighted by atomic mass is 32.1. The van der Waals surface area contributed by atoms with Gasteiger partial charge in [0.15, 0.2) is 0 Å². The third-order valence-corrected chi connectivity index (χ3v) is 4.80. The van der Waals surface area contributed by atoms with Gasteiger partial charge in [-0.2, -0.15) is 0 Å². The highest BCUT2D eigenvalue weighted by Crippen LogP contribution is 2.17. The fraction of sp³-hybridized carbons (Fsp3) is 0.375. The van der Waals surface area contributed by atoms with E-state index < -0.39 is 0 Å². The summed E-state index contributed by atoms with van der Waals surface area (Å²) in [6.45, 7) is 1.82. The second-order valence-corrected chi connectivity index (χ2v) is 6.59. The first kappa shape index (κ1) is 15.1. The molecule has 0 spiro atoms. The average molecular weight is 317 g/mol. The van der Waals surface area contributed by atoms with Crippen molar-refractivity contribution in [2.45, 2.75) is 12.5 Å². The van der Waals surface area contributed by atoms with Gasteiger partial charge >= 0.3 is 0 Å². The molecule has 1 aliphatic rings. The summed E-state index contributed by atoms with van der Waals surface area (Å²) in [6.07, 6.45) is 1.99. The summed E-state index contributed by atoms with van der Waals surface area (Å²) in [4.78, 5) is 17.1. The molecule has 0 aliphatic carbocycles. The Morgan fingerprint density at radius 2 is 2.18 bits per heavy atom. The Balaban J connectivity index is 1.55. The summed E-state index contributed by atoms with van der Waals surface area (Å²) in [6, 6.07) is 10.1. The van der Waals surface area contributed by atoms with Crippen LogP contribution in [0.15, 0.2) is 36.5 Å². The Kier molecular flexibility index (Phi) is 4.82. The van der Waals surface area contributed by atoms with Crippen LogP contribution < -0.4 is 10.6 Å². The van der Waals surface area contributed by atoms with Crippen molar-refractivity contribution >= 4 is 17.2 Å². The van der Waals surface area contributed by atoms with Crippen LogP contribution in [0.25, 0.3) is 0 Å². The second-order valence-electron chi connectivity index (χ2n) is 5.48. The van der Waals surface area contributed by atoms with Gasteiger partial charge in [-0.05, 0) is 5.56 Å². The molecule has 1 fully saturated rings. The zero-order valence-electron chi connectivity index (χ0n) is 12.2. The van der Waals surface area contributed by atoms with Gasteiger partial charge in [-0.3, -0.25) is 4.79 Å². The fourth-order valence-electron chi connectivity index (χ4n) is 2.51. The Labute approximate surface area is 133 Å². The van der Waals surface area contributed by atoms with Gasteiger partial charge in [0.25, 0.3) is 5.91 Å². The van der Waals surface area contributed by atoms with E-state index in [1.54, 1.807) is 6.20 Å². The number of carbonyl (C=O) groups is 1. The molecule has 0 radical (unpaired) electrons. The van der Waals surface area contributed by atoms with Crippen LogP contribution in [0.3, 0.4) is 0 Å². The van der Waals surface area contributed by atoms with Crippen molar-refractivity contribution in [3.63, 3.8) is 0 Å². The number of aliphatic hydroxyl groups is 1. The van der Waals surface area contributed by atoms with E-state index in [1.165, 1.54) is 16.9 Å². The molecule has 116 valence electrons. The number of amides is 1. The van der Waals surface area contributed by atoms with E-state index in [-0.39, 0.29) is 17.9 Å². The fourth-order valence-corrected chi connectivity index (χ4v) is 3.37. The number of hydrogen-bond donors (Lipinski definition) is 3. The average Bonchev–Trinajstić information content (AvgIpc) is 3.15. The van der Waals surface area contributed by atoms with Crippen molar-refractivity contribution in [2.75, 3.05) is 19.6 Å². The minimum atomic E-state index is -0.379. The molecular formula is C16H19N3O2S. The van der Waals surface area contributed by atoms with Gasteiger partial charge in [0.05, 0.1) is 17.3 Å². The number of nitrogens with one attached hydrogen (secondary N) is 2. The quantitative estimate of drug-likeness (QED) is 0.770. The van der Waals surface area contributed by atoms with Crippen molar-refractivity contribution in [1.29, 1.82) is 0 Å². The van der Waals surface area contributed by atoms with Crippen molar-refractivity contribution in [3.8, 4) is 0 Å². The summed E-state index contributed by atoms with van der Waals surface area (Å²) < 4.78 is 0. The topological polar surface area (TPSA) is 74.2 Å². The normalized spacial score (nSPS) is 21.0. The van der Waals surface area contributed by atoms with E-state index in [1.807, 2.05) is 18.2 Å². The Morgan fingerprint density at radius 1 is 1.36 bits per heavy atom. The standard InChI is InChI=1S/C16H19N3O2S/c20-13-9-17-7-12(13)8-19-16(21)14-10-18-15(22-14)6-11-4-2-1-3-5-11/h1-5,10,12-13,17,20H,6-9H2,(H,19,21). The maximum atomic E-state index is 12.1. The van der Waals surface area contributed by atoms with Gasteiger partial charge in [-0.1, -0.05) is 30.3 Å². The maximum absolute atomic E-state index is 12.1. The van der Waals surface area contributed by atoms with Gasteiger partial charge < -0.3 is 15.7 Å². The second kappa shape index (κ2) is 7.00. The third-order valence-electron chi connectivity index (χ3n) is 3.80. The number of rotatable bonds is 5. The van der Waals surface area contributed by atoms with Crippen LogP contribution in [-0.4, -0.2) is 41.7 Å². The van der Waals surface area contributed by atoms with Crippen molar-refractivity contribution in [3.05, 3.63) is 52.0 Å². The van der Waals surface area contributed by atoms with Gasteiger partial charge in [0.1, 0.15) is 4.88 Å². The Bertz CT molecular complexity index is 629. The Morgan fingerprint density at radius 3 is 2.91 bits per heavy atom. The first-order chi connectivity index (χ1) is 10.7. The summed E-state index contributed by atoms with van der Waals surface area (Å²) in [5, 5.41) is 16.6. The molecule has 2 unspecified atom stereocenters. The molecule has 5 nitrogen and oxygen atoms in total. The van der Waals surface area contributed by atoms with Crippen LogP contribution in [0.4, 0.5) is 0 Å².